The largest absolute Gasteiger partial charge is 0.273 e. The van der Waals surface area contributed by atoms with Crippen LogP contribution in [0.5, 0.6) is 0 Å². The second-order valence-electron chi connectivity index (χ2n) is 6.92. The minimum Gasteiger partial charge on any atom is -0.273 e. The summed E-state index contributed by atoms with van der Waals surface area (Å²) >= 11 is 3.25. The van der Waals surface area contributed by atoms with Crippen LogP contribution in [-0.2, 0) is 5.75 Å². The number of hydrogen-bond acceptors (Lipinski definition) is 6. The summed E-state index contributed by atoms with van der Waals surface area (Å²) in [6, 6.07) is 22.5. The third-order valence-electron chi connectivity index (χ3n) is 4.43. The quantitative estimate of drug-likeness (QED) is 0.253. The van der Waals surface area contributed by atoms with E-state index in [4.69, 9.17) is 0 Å². The molecule has 0 atom stereocenters. The van der Waals surface area contributed by atoms with E-state index in [2.05, 4.69) is 61.1 Å². The molecule has 2 heterocycles. The van der Waals surface area contributed by atoms with Crippen molar-refractivity contribution in [1.82, 2.24) is 24.7 Å². The predicted octanol–water partition coefficient (Wildman–Crippen LogP) is 5.77. The van der Waals surface area contributed by atoms with Gasteiger partial charge in [0.2, 0.25) is 0 Å². The van der Waals surface area contributed by atoms with E-state index >= 15 is 0 Å². The SMILES string of the molecule is Cc1cc(C)nc(SCc2nnc(SC/C=C/c3ccccc3)n2-c2ccccc2)n1. The third kappa shape index (κ3) is 5.83. The molecule has 0 N–H and O–H groups in total. The number of aryl methyl sites for hydroxylation is 2. The molecule has 4 rings (SSSR count). The number of benzene rings is 2. The Morgan fingerprint density at radius 3 is 2.23 bits per heavy atom. The van der Waals surface area contributed by atoms with Crippen molar-refractivity contribution in [2.75, 3.05) is 5.75 Å². The van der Waals surface area contributed by atoms with Crippen molar-refractivity contribution in [3.8, 4) is 5.69 Å². The van der Waals surface area contributed by atoms with Gasteiger partial charge in [-0.05, 0) is 37.6 Å². The number of thioether (sulfide) groups is 2. The van der Waals surface area contributed by atoms with Crippen LogP contribution in [0.15, 0.2) is 83.1 Å². The summed E-state index contributed by atoms with van der Waals surface area (Å²) in [4.78, 5) is 9.06. The Hall–Kier alpha value is -2.90. The molecule has 0 bridgehead atoms. The fraction of sp³-hybridized carbons (Fsp3) is 0.167. The first-order valence-electron chi connectivity index (χ1n) is 9.98. The van der Waals surface area contributed by atoms with E-state index in [9.17, 15) is 0 Å². The second-order valence-corrected chi connectivity index (χ2v) is 8.85. The molecule has 31 heavy (non-hydrogen) atoms. The predicted molar refractivity (Wildman–Crippen MR) is 129 cm³/mol. The smallest absolute Gasteiger partial charge is 0.196 e. The summed E-state index contributed by atoms with van der Waals surface area (Å²) in [7, 11) is 0. The van der Waals surface area contributed by atoms with E-state index in [1.165, 1.54) is 5.56 Å². The van der Waals surface area contributed by atoms with E-state index in [1.807, 2.05) is 56.3 Å². The summed E-state index contributed by atoms with van der Waals surface area (Å²) in [5.74, 6) is 2.34. The Kier molecular flexibility index (Phi) is 7.17. The first-order chi connectivity index (χ1) is 15.2. The molecular formula is C24H23N5S2. The van der Waals surface area contributed by atoms with Crippen molar-refractivity contribution in [3.05, 3.63) is 95.6 Å². The zero-order valence-corrected chi connectivity index (χ0v) is 19.1. The molecule has 4 aromatic rings. The molecule has 0 unspecified atom stereocenters. The zero-order valence-electron chi connectivity index (χ0n) is 17.5. The van der Waals surface area contributed by atoms with Gasteiger partial charge in [-0.2, -0.15) is 0 Å². The average molecular weight is 446 g/mol. The zero-order chi connectivity index (χ0) is 21.5. The molecule has 0 saturated carbocycles. The number of aromatic nitrogens is 5. The van der Waals surface area contributed by atoms with Crippen molar-refractivity contribution in [2.24, 2.45) is 0 Å². The fourth-order valence-corrected chi connectivity index (χ4v) is 4.72. The molecule has 0 fully saturated rings. The van der Waals surface area contributed by atoms with Crippen LogP contribution in [0.1, 0.15) is 22.8 Å². The normalized spacial score (nSPS) is 11.3. The molecule has 0 aliphatic rings. The van der Waals surface area contributed by atoms with Crippen LogP contribution in [-0.4, -0.2) is 30.5 Å². The van der Waals surface area contributed by atoms with Crippen LogP contribution in [0.25, 0.3) is 11.8 Å². The van der Waals surface area contributed by atoms with Gasteiger partial charge in [-0.25, -0.2) is 9.97 Å². The van der Waals surface area contributed by atoms with Crippen LogP contribution in [0.3, 0.4) is 0 Å². The monoisotopic (exact) mass is 445 g/mol. The molecule has 0 amide bonds. The van der Waals surface area contributed by atoms with E-state index in [0.717, 1.165) is 39.0 Å². The molecule has 0 aliphatic carbocycles. The number of nitrogens with zero attached hydrogens (tertiary/aromatic N) is 5. The van der Waals surface area contributed by atoms with Gasteiger partial charge in [0.15, 0.2) is 10.3 Å². The molecule has 0 saturated heterocycles. The molecule has 5 nitrogen and oxygen atoms in total. The average Bonchev–Trinajstić information content (AvgIpc) is 3.19. The number of para-hydroxylation sites is 1. The Morgan fingerprint density at radius 1 is 0.839 bits per heavy atom. The number of hydrogen-bond donors (Lipinski definition) is 0. The third-order valence-corrected chi connectivity index (χ3v) is 6.15. The van der Waals surface area contributed by atoms with Crippen LogP contribution >= 0.6 is 23.5 Å². The molecule has 7 heteroatoms. The Labute approximate surface area is 191 Å². The molecule has 156 valence electrons. The van der Waals surface area contributed by atoms with Crippen molar-refractivity contribution in [2.45, 2.75) is 29.9 Å². The highest BCUT2D eigenvalue weighted by molar-refractivity contribution is 7.99. The Bertz CT molecular complexity index is 1140. The molecular weight excluding hydrogens is 422 g/mol. The van der Waals surface area contributed by atoms with Gasteiger partial charge in [0.05, 0.1) is 5.75 Å². The van der Waals surface area contributed by atoms with Crippen molar-refractivity contribution in [1.29, 1.82) is 0 Å². The van der Waals surface area contributed by atoms with E-state index in [0.29, 0.717) is 5.75 Å². The first kappa shape index (κ1) is 21.3. The standard InChI is InChI=1S/C24H23N5S2/c1-18-16-19(2)26-23(25-18)31-17-22-27-28-24(29(22)21-13-7-4-8-14-21)30-15-9-12-20-10-5-3-6-11-20/h3-14,16H,15,17H2,1-2H3/b12-9+. The van der Waals surface area contributed by atoms with Crippen molar-refractivity contribution >= 4 is 29.6 Å². The summed E-state index contributed by atoms with van der Waals surface area (Å²) < 4.78 is 2.12. The first-order valence-corrected chi connectivity index (χ1v) is 12.0. The van der Waals surface area contributed by atoms with Crippen molar-refractivity contribution < 1.29 is 0 Å². The van der Waals surface area contributed by atoms with E-state index in [1.54, 1.807) is 23.5 Å². The summed E-state index contributed by atoms with van der Waals surface area (Å²) in [5, 5.41) is 10.6. The molecule has 2 aromatic heterocycles. The van der Waals surface area contributed by atoms with Gasteiger partial charge < -0.3 is 0 Å². The maximum absolute atomic E-state index is 4.53. The van der Waals surface area contributed by atoms with E-state index in [-0.39, 0.29) is 0 Å². The van der Waals surface area contributed by atoms with Crippen LogP contribution in [0.4, 0.5) is 0 Å². The van der Waals surface area contributed by atoms with Gasteiger partial charge in [0.1, 0.15) is 5.82 Å². The Balaban J connectivity index is 1.52. The topological polar surface area (TPSA) is 56.5 Å². The summed E-state index contributed by atoms with van der Waals surface area (Å²) in [6.45, 7) is 3.98. The van der Waals surface area contributed by atoms with Gasteiger partial charge in [0, 0.05) is 22.8 Å². The van der Waals surface area contributed by atoms with Gasteiger partial charge >= 0.3 is 0 Å². The lowest BCUT2D eigenvalue weighted by molar-refractivity contribution is 0.862. The van der Waals surface area contributed by atoms with Crippen LogP contribution in [0, 0.1) is 13.8 Å². The lowest BCUT2D eigenvalue weighted by atomic mass is 10.2. The van der Waals surface area contributed by atoms with E-state index < -0.39 is 0 Å². The number of rotatable bonds is 8. The molecule has 0 aliphatic heterocycles. The maximum atomic E-state index is 4.53. The van der Waals surface area contributed by atoms with Gasteiger partial charge in [-0.15, -0.1) is 10.2 Å². The molecule has 0 radical (unpaired) electrons. The highest BCUT2D eigenvalue weighted by Crippen LogP contribution is 2.26. The highest BCUT2D eigenvalue weighted by atomic mass is 32.2. The second kappa shape index (κ2) is 10.4. The van der Waals surface area contributed by atoms with Gasteiger partial charge in [-0.3, -0.25) is 4.57 Å². The van der Waals surface area contributed by atoms with Gasteiger partial charge in [0.25, 0.3) is 0 Å². The summed E-state index contributed by atoms with van der Waals surface area (Å²) in [6.07, 6.45) is 4.28. The fourth-order valence-electron chi connectivity index (χ4n) is 3.08. The van der Waals surface area contributed by atoms with Crippen molar-refractivity contribution in [3.63, 3.8) is 0 Å². The van der Waals surface area contributed by atoms with Gasteiger partial charge in [-0.1, -0.05) is 84.2 Å². The van der Waals surface area contributed by atoms with Crippen LogP contribution in [0.2, 0.25) is 0 Å². The molecule has 2 aromatic carbocycles. The lowest BCUT2D eigenvalue weighted by Gasteiger charge is -2.09. The Morgan fingerprint density at radius 2 is 1.52 bits per heavy atom. The minimum absolute atomic E-state index is 0.644. The minimum atomic E-state index is 0.644. The van der Waals surface area contributed by atoms with Crippen LogP contribution < -0.4 is 0 Å². The maximum Gasteiger partial charge on any atom is 0.196 e. The lowest BCUT2D eigenvalue weighted by Crippen LogP contribution is -2.02. The summed E-state index contributed by atoms with van der Waals surface area (Å²) in [5.41, 5.74) is 4.19. The molecule has 0 spiro atoms. The highest BCUT2D eigenvalue weighted by Gasteiger charge is 2.15.